The molecule has 0 aliphatic rings. The Labute approximate surface area is 93.8 Å². The van der Waals surface area contributed by atoms with Crippen LogP contribution in [0.2, 0.25) is 0 Å². The number of allylic oxidation sites excluding steroid dienone is 7. The average Bonchev–Trinajstić information content (AvgIpc) is 2.75. The summed E-state index contributed by atoms with van der Waals surface area (Å²) in [4.78, 5) is 9.92. The maximum Gasteiger partial charge on any atom is 0.142 e. The molecular formula is C13H12OS. The first kappa shape index (κ1) is 11.4. The monoisotopic (exact) mass is 216 g/mol. The molecule has 0 amide bonds. The van der Waals surface area contributed by atoms with Gasteiger partial charge in [-0.25, -0.2) is 0 Å². The number of rotatable bonds is 5. The van der Waals surface area contributed by atoms with E-state index in [0.717, 1.165) is 6.29 Å². The second-order valence-electron chi connectivity index (χ2n) is 2.71. The Bertz CT molecular complexity index is 381. The molecule has 1 nitrogen and oxygen atoms in total. The third-order valence-corrected chi connectivity index (χ3v) is 2.28. The number of hydrogen-bond donors (Lipinski definition) is 0. The Balaban J connectivity index is 2.30. The largest absolute Gasteiger partial charge is 0.299 e. The zero-order valence-electron chi connectivity index (χ0n) is 8.24. The van der Waals surface area contributed by atoms with Crippen LogP contribution in [0.15, 0.2) is 59.4 Å². The minimum absolute atomic E-state index is 0.754. The van der Waals surface area contributed by atoms with E-state index < -0.39 is 0 Å². The fourth-order valence-electron chi connectivity index (χ4n) is 0.903. The molecule has 0 aliphatic carbocycles. The smallest absolute Gasteiger partial charge is 0.142 e. The highest BCUT2D eigenvalue weighted by atomic mass is 32.1. The molecule has 1 aromatic rings. The zero-order valence-corrected chi connectivity index (χ0v) is 9.06. The van der Waals surface area contributed by atoms with Crippen molar-refractivity contribution in [2.45, 2.75) is 0 Å². The van der Waals surface area contributed by atoms with Crippen LogP contribution in [0.1, 0.15) is 5.56 Å². The fourth-order valence-corrected chi connectivity index (χ4v) is 1.53. The van der Waals surface area contributed by atoms with E-state index >= 15 is 0 Å². The SMILES string of the molecule is O=CC=CC=CC=CC=Cc1ccsc1. The number of carbonyl (C=O) groups is 1. The topological polar surface area (TPSA) is 17.1 Å². The maximum absolute atomic E-state index is 9.92. The molecule has 0 bridgehead atoms. The van der Waals surface area contributed by atoms with Crippen LogP contribution in [0, 0.1) is 0 Å². The first-order valence-electron chi connectivity index (χ1n) is 4.57. The normalized spacial score (nSPS) is 12.5. The van der Waals surface area contributed by atoms with Crippen LogP contribution in [-0.2, 0) is 4.79 Å². The quantitative estimate of drug-likeness (QED) is 0.417. The van der Waals surface area contributed by atoms with E-state index in [2.05, 4.69) is 11.4 Å². The van der Waals surface area contributed by atoms with Crippen molar-refractivity contribution in [3.8, 4) is 0 Å². The Morgan fingerprint density at radius 3 is 2.20 bits per heavy atom. The molecule has 0 radical (unpaired) electrons. The molecule has 0 aromatic carbocycles. The van der Waals surface area contributed by atoms with Crippen LogP contribution in [0.4, 0.5) is 0 Å². The molecule has 1 rings (SSSR count). The lowest BCUT2D eigenvalue weighted by molar-refractivity contribution is -0.104. The van der Waals surface area contributed by atoms with Gasteiger partial charge in [0.1, 0.15) is 6.29 Å². The van der Waals surface area contributed by atoms with E-state index in [1.54, 1.807) is 17.4 Å². The van der Waals surface area contributed by atoms with Crippen LogP contribution in [-0.4, -0.2) is 6.29 Å². The van der Waals surface area contributed by atoms with Crippen LogP contribution in [0.25, 0.3) is 6.08 Å². The molecule has 0 aliphatic heterocycles. The highest BCUT2D eigenvalue weighted by Crippen LogP contribution is 2.07. The lowest BCUT2D eigenvalue weighted by Gasteiger charge is -1.78. The van der Waals surface area contributed by atoms with Crippen molar-refractivity contribution in [3.05, 3.63) is 64.9 Å². The van der Waals surface area contributed by atoms with Crippen molar-refractivity contribution >= 4 is 23.7 Å². The summed E-state index contributed by atoms with van der Waals surface area (Å²) in [5.74, 6) is 0. The van der Waals surface area contributed by atoms with Crippen molar-refractivity contribution in [2.75, 3.05) is 0 Å². The van der Waals surface area contributed by atoms with Gasteiger partial charge in [-0.1, -0.05) is 42.5 Å². The molecule has 15 heavy (non-hydrogen) atoms. The summed E-state index contributed by atoms with van der Waals surface area (Å²) in [6.45, 7) is 0. The molecule has 0 N–H and O–H groups in total. The second-order valence-corrected chi connectivity index (χ2v) is 3.49. The Kier molecular flexibility index (Phi) is 5.86. The van der Waals surface area contributed by atoms with Gasteiger partial charge in [0.05, 0.1) is 0 Å². The van der Waals surface area contributed by atoms with Gasteiger partial charge >= 0.3 is 0 Å². The van der Waals surface area contributed by atoms with Crippen LogP contribution >= 0.6 is 11.3 Å². The minimum atomic E-state index is 0.754. The van der Waals surface area contributed by atoms with Crippen LogP contribution in [0.5, 0.6) is 0 Å². The summed E-state index contributed by atoms with van der Waals surface area (Å²) in [5.41, 5.74) is 1.22. The van der Waals surface area contributed by atoms with E-state index in [9.17, 15) is 4.79 Å². The van der Waals surface area contributed by atoms with Crippen LogP contribution in [0.3, 0.4) is 0 Å². The first-order valence-corrected chi connectivity index (χ1v) is 5.52. The zero-order chi connectivity index (χ0) is 10.8. The van der Waals surface area contributed by atoms with Gasteiger partial charge in [0.25, 0.3) is 0 Å². The predicted molar refractivity (Wildman–Crippen MR) is 66.8 cm³/mol. The number of carbonyl (C=O) groups excluding carboxylic acids is 1. The summed E-state index contributed by atoms with van der Waals surface area (Å²) in [6.07, 6.45) is 15.5. The molecule has 76 valence electrons. The third kappa shape index (κ3) is 5.60. The lowest BCUT2D eigenvalue weighted by atomic mass is 10.3. The van der Waals surface area contributed by atoms with Gasteiger partial charge in [0, 0.05) is 0 Å². The summed E-state index contributed by atoms with van der Waals surface area (Å²) in [7, 11) is 0. The van der Waals surface area contributed by atoms with Gasteiger partial charge in [-0.05, 0) is 28.5 Å². The highest BCUT2D eigenvalue weighted by Gasteiger charge is 1.81. The van der Waals surface area contributed by atoms with Gasteiger partial charge in [-0.15, -0.1) is 0 Å². The molecule has 0 fully saturated rings. The van der Waals surface area contributed by atoms with Gasteiger partial charge in [0.15, 0.2) is 0 Å². The van der Waals surface area contributed by atoms with E-state index in [4.69, 9.17) is 0 Å². The molecule has 0 atom stereocenters. The second kappa shape index (κ2) is 7.71. The summed E-state index contributed by atoms with van der Waals surface area (Å²) < 4.78 is 0. The average molecular weight is 216 g/mol. The van der Waals surface area contributed by atoms with Gasteiger partial charge < -0.3 is 0 Å². The number of aldehydes is 1. The Morgan fingerprint density at radius 1 is 0.933 bits per heavy atom. The van der Waals surface area contributed by atoms with E-state index in [1.165, 1.54) is 11.6 Å². The molecule has 2 heteroatoms. The molecule has 1 heterocycles. The number of hydrogen-bond acceptors (Lipinski definition) is 2. The van der Waals surface area contributed by atoms with Gasteiger partial charge in [-0.2, -0.15) is 11.3 Å². The van der Waals surface area contributed by atoms with Crippen molar-refractivity contribution in [1.82, 2.24) is 0 Å². The fraction of sp³-hybridized carbons (Fsp3) is 0. The van der Waals surface area contributed by atoms with Crippen molar-refractivity contribution in [1.29, 1.82) is 0 Å². The summed E-state index contributed by atoms with van der Waals surface area (Å²) >= 11 is 1.69. The molecule has 0 saturated heterocycles. The molecule has 1 aromatic heterocycles. The van der Waals surface area contributed by atoms with E-state index in [0.29, 0.717) is 0 Å². The summed E-state index contributed by atoms with van der Waals surface area (Å²) in [5, 5.41) is 4.14. The predicted octanol–water partition coefficient (Wildman–Crippen LogP) is 3.63. The van der Waals surface area contributed by atoms with Crippen LogP contribution < -0.4 is 0 Å². The molecule has 0 saturated carbocycles. The summed E-state index contributed by atoms with van der Waals surface area (Å²) in [6, 6.07) is 2.07. The molecule has 0 spiro atoms. The highest BCUT2D eigenvalue weighted by molar-refractivity contribution is 7.08. The maximum atomic E-state index is 9.92. The van der Waals surface area contributed by atoms with E-state index in [-0.39, 0.29) is 0 Å². The Hall–Kier alpha value is -1.67. The van der Waals surface area contributed by atoms with E-state index in [1.807, 2.05) is 41.8 Å². The lowest BCUT2D eigenvalue weighted by Crippen LogP contribution is -1.58. The Morgan fingerprint density at radius 2 is 1.60 bits per heavy atom. The van der Waals surface area contributed by atoms with Crippen molar-refractivity contribution < 1.29 is 4.79 Å². The van der Waals surface area contributed by atoms with Gasteiger partial charge in [-0.3, -0.25) is 4.79 Å². The van der Waals surface area contributed by atoms with Crippen molar-refractivity contribution in [2.24, 2.45) is 0 Å². The standard InChI is InChI=1S/C13H12OS/c14-10-7-5-3-1-2-4-6-8-13-9-11-15-12-13/h1-12H. The van der Waals surface area contributed by atoms with Gasteiger partial charge in [0.2, 0.25) is 0 Å². The molecule has 0 unspecified atom stereocenters. The first-order chi connectivity index (χ1) is 7.43. The van der Waals surface area contributed by atoms with Crippen molar-refractivity contribution in [3.63, 3.8) is 0 Å². The number of thiophene rings is 1. The minimum Gasteiger partial charge on any atom is -0.299 e. The molecular weight excluding hydrogens is 204 g/mol. The third-order valence-electron chi connectivity index (χ3n) is 1.58.